The number of morpholine rings is 1. The van der Waals surface area contributed by atoms with Gasteiger partial charge in [0, 0.05) is 25.2 Å². The minimum absolute atomic E-state index is 0.0226. The number of halogens is 1. The van der Waals surface area contributed by atoms with Crippen molar-refractivity contribution in [3.63, 3.8) is 0 Å². The van der Waals surface area contributed by atoms with E-state index < -0.39 is 21.4 Å². The van der Waals surface area contributed by atoms with Crippen LogP contribution in [-0.2, 0) is 21.3 Å². The molecule has 1 aliphatic heterocycles. The Morgan fingerprint density at radius 2 is 2.14 bits per heavy atom. The largest absolute Gasteiger partial charge is 0.370 e. The molecular weight excluding hydrogens is 295 g/mol. The summed E-state index contributed by atoms with van der Waals surface area (Å²) < 4.78 is 46.4. The summed E-state index contributed by atoms with van der Waals surface area (Å²) in [4.78, 5) is -0.0603. The minimum atomic E-state index is -3.80. The second-order valence-electron chi connectivity index (χ2n) is 5.91. The van der Waals surface area contributed by atoms with Crippen LogP contribution in [0.1, 0.15) is 26.3 Å². The summed E-state index contributed by atoms with van der Waals surface area (Å²) in [6.45, 7) is 5.79. The van der Waals surface area contributed by atoms with E-state index >= 15 is 0 Å². The summed E-state index contributed by atoms with van der Waals surface area (Å²) in [6.07, 6.45) is -0.224. The molecule has 21 heavy (non-hydrogen) atoms. The van der Waals surface area contributed by atoms with E-state index in [-0.39, 0.29) is 36.2 Å². The maximum absolute atomic E-state index is 13.8. The molecule has 1 aliphatic rings. The number of nitrogens with zero attached hydrogens (tertiary/aromatic N) is 1. The third-order valence-corrected chi connectivity index (χ3v) is 5.33. The van der Waals surface area contributed by atoms with Crippen LogP contribution in [-0.4, -0.2) is 37.5 Å². The molecule has 1 unspecified atom stereocenters. The first-order valence-corrected chi connectivity index (χ1v) is 8.27. The predicted octanol–water partition coefficient (Wildman–Crippen LogP) is 1.47. The quantitative estimate of drug-likeness (QED) is 0.916. The lowest BCUT2D eigenvalue weighted by Gasteiger charge is -2.41. The van der Waals surface area contributed by atoms with Crippen LogP contribution in [0.25, 0.3) is 0 Å². The molecule has 0 amide bonds. The van der Waals surface area contributed by atoms with Crippen LogP contribution in [0.15, 0.2) is 23.1 Å². The first-order valence-electron chi connectivity index (χ1n) is 6.83. The van der Waals surface area contributed by atoms with Crippen molar-refractivity contribution in [3.8, 4) is 0 Å². The van der Waals surface area contributed by atoms with Crippen LogP contribution in [0, 0.1) is 5.82 Å². The van der Waals surface area contributed by atoms with Gasteiger partial charge in [-0.1, -0.05) is 6.07 Å². The van der Waals surface area contributed by atoms with Gasteiger partial charge in [0.05, 0.1) is 16.6 Å². The van der Waals surface area contributed by atoms with Crippen LogP contribution in [0.5, 0.6) is 0 Å². The Balaban J connectivity index is 2.45. The monoisotopic (exact) mass is 316 g/mol. The highest BCUT2D eigenvalue weighted by atomic mass is 32.2. The van der Waals surface area contributed by atoms with Crippen LogP contribution < -0.4 is 5.73 Å². The normalized spacial score (nSPS) is 23.2. The lowest BCUT2D eigenvalue weighted by atomic mass is 10.1. The summed E-state index contributed by atoms with van der Waals surface area (Å²) >= 11 is 0. The second-order valence-corrected chi connectivity index (χ2v) is 7.81. The number of ether oxygens (including phenoxy) is 1. The van der Waals surface area contributed by atoms with Gasteiger partial charge in [-0.3, -0.25) is 0 Å². The number of benzene rings is 1. The summed E-state index contributed by atoms with van der Waals surface area (Å²) in [5, 5.41) is 0. The molecule has 1 saturated heterocycles. The first-order chi connectivity index (χ1) is 9.67. The van der Waals surface area contributed by atoms with Gasteiger partial charge in [-0.05, 0) is 32.9 Å². The number of hydrogen-bond acceptors (Lipinski definition) is 4. The molecule has 118 valence electrons. The van der Waals surface area contributed by atoms with E-state index in [9.17, 15) is 12.8 Å². The first kappa shape index (κ1) is 16.4. The summed E-state index contributed by atoms with van der Waals surface area (Å²) in [5.41, 5.74) is 4.95. The summed E-state index contributed by atoms with van der Waals surface area (Å²) in [6, 6.07) is 4.00. The zero-order chi connectivity index (χ0) is 15.8. The molecule has 0 radical (unpaired) electrons. The number of sulfonamides is 1. The Hall–Kier alpha value is -1.02. The van der Waals surface area contributed by atoms with E-state index in [1.807, 2.05) is 20.8 Å². The number of hydrogen-bond donors (Lipinski definition) is 1. The molecule has 0 aliphatic carbocycles. The van der Waals surface area contributed by atoms with Gasteiger partial charge < -0.3 is 10.5 Å². The maximum Gasteiger partial charge on any atom is 0.243 e. The SMILES string of the molecule is CC1CN(S(=O)(=O)c2cccc(F)c2CN)CC(C)(C)O1. The van der Waals surface area contributed by atoms with Crippen molar-refractivity contribution in [2.24, 2.45) is 5.73 Å². The van der Waals surface area contributed by atoms with Gasteiger partial charge in [0.15, 0.2) is 0 Å². The molecule has 0 bridgehead atoms. The van der Waals surface area contributed by atoms with Crippen LogP contribution >= 0.6 is 0 Å². The van der Waals surface area contributed by atoms with Crippen LogP contribution in [0.2, 0.25) is 0 Å². The Kier molecular flexibility index (Phi) is 4.39. The van der Waals surface area contributed by atoms with Crippen molar-refractivity contribution in [1.82, 2.24) is 4.31 Å². The molecule has 1 fully saturated rings. The van der Waals surface area contributed by atoms with Gasteiger partial charge in [0.25, 0.3) is 0 Å². The third-order valence-electron chi connectivity index (χ3n) is 3.44. The molecule has 0 aromatic heterocycles. The van der Waals surface area contributed by atoms with Gasteiger partial charge in [0.1, 0.15) is 5.82 Å². The Morgan fingerprint density at radius 1 is 1.48 bits per heavy atom. The highest BCUT2D eigenvalue weighted by Crippen LogP contribution is 2.28. The van der Waals surface area contributed by atoms with E-state index in [1.165, 1.54) is 22.5 Å². The molecule has 2 N–H and O–H groups in total. The van der Waals surface area contributed by atoms with Crippen molar-refractivity contribution < 1.29 is 17.5 Å². The zero-order valence-electron chi connectivity index (χ0n) is 12.5. The second kappa shape index (κ2) is 5.64. The molecule has 1 aromatic rings. The fourth-order valence-corrected chi connectivity index (χ4v) is 4.60. The van der Waals surface area contributed by atoms with Gasteiger partial charge in [-0.2, -0.15) is 4.31 Å². The maximum atomic E-state index is 13.8. The third kappa shape index (κ3) is 3.26. The van der Waals surface area contributed by atoms with Crippen molar-refractivity contribution in [2.45, 2.75) is 43.9 Å². The molecule has 7 heteroatoms. The van der Waals surface area contributed by atoms with E-state index in [2.05, 4.69) is 0 Å². The average Bonchev–Trinajstić information content (AvgIpc) is 2.36. The zero-order valence-corrected chi connectivity index (χ0v) is 13.3. The molecule has 1 atom stereocenters. The Labute approximate surface area is 124 Å². The molecular formula is C14H21FN2O3S. The van der Waals surface area contributed by atoms with Crippen molar-refractivity contribution in [2.75, 3.05) is 13.1 Å². The fraction of sp³-hybridized carbons (Fsp3) is 0.571. The molecule has 1 aromatic carbocycles. The van der Waals surface area contributed by atoms with E-state index in [0.717, 1.165) is 0 Å². The summed E-state index contributed by atoms with van der Waals surface area (Å²) in [5.74, 6) is -0.598. The highest BCUT2D eigenvalue weighted by Gasteiger charge is 2.38. The predicted molar refractivity (Wildman–Crippen MR) is 77.7 cm³/mol. The lowest BCUT2D eigenvalue weighted by Crippen LogP contribution is -2.53. The molecule has 0 spiro atoms. The number of nitrogens with two attached hydrogens (primary N) is 1. The average molecular weight is 316 g/mol. The topological polar surface area (TPSA) is 72.6 Å². The van der Waals surface area contributed by atoms with Crippen molar-refractivity contribution in [1.29, 1.82) is 0 Å². The smallest absolute Gasteiger partial charge is 0.243 e. The van der Waals surface area contributed by atoms with Crippen molar-refractivity contribution in [3.05, 3.63) is 29.6 Å². The van der Waals surface area contributed by atoms with E-state index in [1.54, 1.807) is 0 Å². The molecule has 2 rings (SSSR count). The van der Waals surface area contributed by atoms with E-state index in [4.69, 9.17) is 10.5 Å². The van der Waals surface area contributed by atoms with Crippen LogP contribution in [0.4, 0.5) is 4.39 Å². The highest BCUT2D eigenvalue weighted by molar-refractivity contribution is 7.89. The molecule has 0 saturated carbocycles. The fourth-order valence-electron chi connectivity index (χ4n) is 2.70. The lowest BCUT2D eigenvalue weighted by molar-refractivity contribution is -0.109. The van der Waals surface area contributed by atoms with Gasteiger partial charge >= 0.3 is 0 Å². The number of rotatable bonds is 3. The van der Waals surface area contributed by atoms with Gasteiger partial charge in [-0.25, -0.2) is 12.8 Å². The standard InChI is InChI=1S/C14H21FN2O3S/c1-10-8-17(9-14(2,3)20-10)21(18,19)13-6-4-5-12(15)11(13)7-16/h4-6,10H,7-9,16H2,1-3H3. The van der Waals surface area contributed by atoms with Crippen molar-refractivity contribution >= 4 is 10.0 Å². The Bertz CT molecular complexity index is 631. The van der Waals surface area contributed by atoms with E-state index in [0.29, 0.717) is 0 Å². The Morgan fingerprint density at radius 3 is 2.71 bits per heavy atom. The molecule has 5 nitrogen and oxygen atoms in total. The van der Waals surface area contributed by atoms with Gasteiger partial charge in [-0.15, -0.1) is 0 Å². The van der Waals surface area contributed by atoms with Gasteiger partial charge in [0.2, 0.25) is 10.0 Å². The molecule has 1 heterocycles. The summed E-state index contributed by atoms with van der Waals surface area (Å²) in [7, 11) is -3.80. The minimum Gasteiger partial charge on any atom is -0.370 e. The van der Waals surface area contributed by atoms with Crippen LogP contribution in [0.3, 0.4) is 0 Å².